The van der Waals surface area contributed by atoms with E-state index in [-0.39, 0.29) is 21.9 Å². The van der Waals surface area contributed by atoms with E-state index < -0.39 is 10.0 Å². The molecule has 3 aromatic carbocycles. The predicted octanol–water partition coefficient (Wildman–Crippen LogP) is 5.98. The average Bonchev–Trinajstić information content (AvgIpc) is 2.89. The third-order valence-electron chi connectivity index (χ3n) is 5.50. The zero-order valence-corrected chi connectivity index (χ0v) is 19.8. The normalized spacial score (nSPS) is 11.3. The first-order valence-corrected chi connectivity index (χ1v) is 12.5. The van der Waals surface area contributed by atoms with Crippen molar-refractivity contribution < 1.29 is 13.2 Å². The van der Waals surface area contributed by atoms with Crippen LogP contribution in [0.5, 0.6) is 0 Å². The van der Waals surface area contributed by atoms with Crippen molar-refractivity contribution in [2.24, 2.45) is 0 Å². The fraction of sp³-hybridized carbons (Fsp3) is 0. The molecule has 0 fully saturated rings. The maximum Gasteiger partial charge on any atom is 0.261 e. The Labute approximate surface area is 207 Å². The number of halogens is 1. The summed E-state index contributed by atoms with van der Waals surface area (Å²) in [4.78, 5) is 21.4. The van der Waals surface area contributed by atoms with Crippen molar-refractivity contribution in [1.82, 2.24) is 9.97 Å². The number of carbonyl (C=O) groups is 1. The van der Waals surface area contributed by atoms with Crippen molar-refractivity contribution in [2.75, 3.05) is 4.72 Å². The van der Waals surface area contributed by atoms with Gasteiger partial charge in [-0.15, -0.1) is 0 Å². The van der Waals surface area contributed by atoms with Crippen LogP contribution in [-0.2, 0) is 10.0 Å². The van der Waals surface area contributed by atoms with Crippen LogP contribution in [0.15, 0.2) is 108 Å². The van der Waals surface area contributed by atoms with Crippen molar-refractivity contribution in [3.8, 4) is 11.1 Å². The minimum atomic E-state index is -3.97. The topological polar surface area (TPSA) is 89.0 Å². The number of hydrogen-bond acceptors (Lipinski definition) is 5. The molecule has 0 radical (unpaired) electrons. The summed E-state index contributed by atoms with van der Waals surface area (Å²) in [6, 6.07) is 23.9. The second-order valence-corrected chi connectivity index (χ2v) is 9.92. The second-order valence-electron chi connectivity index (χ2n) is 7.80. The molecule has 0 aliphatic rings. The Balaban J connectivity index is 1.44. The Morgan fingerprint density at radius 2 is 1.57 bits per heavy atom. The van der Waals surface area contributed by atoms with E-state index in [2.05, 4.69) is 14.7 Å². The minimum absolute atomic E-state index is 0.0623. The van der Waals surface area contributed by atoms with E-state index in [1.54, 1.807) is 30.5 Å². The van der Waals surface area contributed by atoms with Crippen LogP contribution in [0.3, 0.4) is 0 Å². The highest BCUT2D eigenvalue weighted by atomic mass is 35.5. The van der Waals surface area contributed by atoms with E-state index in [0.29, 0.717) is 10.6 Å². The highest BCUT2D eigenvalue weighted by molar-refractivity contribution is 7.92. The number of fused-ring (bicyclic) bond motifs is 1. The summed E-state index contributed by atoms with van der Waals surface area (Å²) in [7, 11) is -3.97. The van der Waals surface area contributed by atoms with Gasteiger partial charge in [0.25, 0.3) is 10.0 Å². The molecule has 2 heterocycles. The van der Waals surface area contributed by atoms with Crippen LogP contribution in [0.25, 0.3) is 22.0 Å². The summed E-state index contributed by atoms with van der Waals surface area (Å²) in [5, 5.41) is 1.32. The van der Waals surface area contributed by atoms with Gasteiger partial charge in [-0.2, -0.15) is 0 Å². The fourth-order valence-corrected chi connectivity index (χ4v) is 4.96. The molecule has 0 unspecified atom stereocenters. The summed E-state index contributed by atoms with van der Waals surface area (Å²) in [6.45, 7) is 0. The standard InChI is InChI=1S/C27H18ClN3O3S/c28-22-7-10-26(24(16-22)27(32)19-11-13-29-14-12-19)31-35(33,34)23-8-5-18(6-9-23)21-15-20-3-1-2-4-25(20)30-17-21/h1-17,31H. The molecule has 0 aliphatic heterocycles. The van der Waals surface area contributed by atoms with Crippen LogP contribution in [0.2, 0.25) is 5.02 Å². The van der Waals surface area contributed by atoms with Crippen LogP contribution in [0, 0.1) is 0 Å². The molecule has 8 heteroatoms. The molecule has 172 valence electrons. The van der Waals surface area contributed by atoms with Crippen molar-refractivity contribution in [3.63, 3.8) is 0 Å². The monoisotopic (exact) mass is 499 g/mol. The van der Waals surface area contributed by atoms with Crippen LogP contribution in [0.4, 0.5) is 5.69 Å². The lowest BCUT2D eigenvalue weighted by Crippen LogP contribution is -2.16. The van der Waals surface area contributed by atoms with Gasteiger partial charge in [-0.25, -0.2) is 8.42 Å². The SMILES string of the molecule is O=C(c1ccncc1)c1cc(Cl)ccc1NS(=O)(=O)c1ccc(-c2cnc3ccccc3c2)cc1. The molecule has 0 spiro atoms. The Hall–Kier alpha value is -4.07. The van der Waals surface area contributed by atoms with Crippen molar-refractivity contribution in [1.29, 1.82) is 0 Å². The van der Waals surface area contributed by atoms with Gasteiger partial charge in [-0.05, 0) is 60.2 Å². The number of hydrogen-bond donors (Lipinski definition) is 1. The number of pyridine rings is 2. The second kappa shape index (κ2) is 9.29. The zero-order chi connectivity index (χ0) is 24.4. The van der Waals surface area contributed by atoms with Gasteiger partial charge in [0.2, 0.25) is 0 Å². The molecule has 5 rings (SSSR count). The predicted molar refractivity (Wildman–Crippen MR) is 137 cm³/mol. The molecule has 5 aromatic rings. The largest absolute Gasteiger partial charge is 0.289 e. The van der Waals surface area contributed by atoms with E-state index in [1.807, 2.05) is 30.3 Å². The number of nitrogens with one attached hydrogen (secondary N) is 1. The number of anilines is 1. The summed E-state index contributed by atoms with van der Waals surface area (Å²) in [5.41, 5.74) is 3.26. The number of ketones is 1. The Kier molecular flexibility index (Phi) is 6.03. The van der Waals surface area contributed by atoms with Gasteiger partial charge in [-0.1, -0.05) is 41.9 Å². The molecule has 2 aromatic heterocycles. The van der Waals surface area contributed by atoms with E-state index >= 15 is 0 Å². The van der Waals surface area contributed by atoms with Gasteiger partial charge in [0, 0.05) is 45.7 Å². The number of aromatic nitrogens is 2. The number of nitrogens with zero attached hydrogens (tertiary/aromatic N) is 2. The van der Waals surface area contributed by atoms with Crippen LogP contribution < -0.4 is 4.72 Å². The molecule has 0 atom stereocenters. The lowest BCUT2D eigenvalue weighted by Gasteiger charge is -2.13. The lowest BCUT2D eigenvalue weighted by atomic mass is 10.0. The maximum atomic E-state index is 13.1. The highest BCUT2D eigenvalue weighted by Crippen LogP contribution is 2.28. The van der Waals surface area contributed by atoms with Crippen LogP contribution >= 0.6 is 11.6 Å². The van der Waals surface area contributed by atoms with E-state index in [0.717, 1.165) is 22.0 Å². The van der Waals surface area contributed by atoms with E-state index in [9.17, 15) is 13.2 Å². The Morgan fingerprint density at radius 1 is 0.829 bits per heavy atom. The summed E-state index contributed by atoms with van der Waals surface area (Å²) in [5.74, 6) is -0.369. The fourth-order valence-electron chi connectivity index (χ4n) is 3.71. The molecule has 0 aliphatic carbocycles. The average molecular weight is 500 g/mol. The van der Waals surface area contributed by atoms with Gasteiger partial charge in [-0.3, -0.25) is 19.5 Å². The molecule has 35 heavy (non-hydrogen) atoms. The lowest BCUT2D eigenvalue weighted by molar-refractivity contribution is 0.103. The maximum absolute atomic E-state index is 13.1. The number of carbonyl (C=O) groups excluding carboxylic acids is 1. The van der Waals surface area contributed by atoms with Gasteiger partial charge < -0.3 is 0 Å². The third kappa shape index (κ3) is 4.77. The zero-order valence-electron chi connectivity index (χ0n) is 18.2. The number of para-hydroxylation sites is 1. The quantitative estimate of drug-likeness (QED) is 0.290. The molecular weight excluding hydrogens is 482 g/mol. The molecule has 0 saturated carbocycles. The van der Waals surface area contributed by atoms with Gasteiger partial charge in [0.15, 0.2) is 5.78 Å². The molecule has 6 nitrogen and oxygen atoms in total. The van der Waals surface area contributed by atoms with Gasteiger partial charge >= 0.3 is 0 Å². The summed E-state index contributed by atoms with van der Waals surface area (Å²) < 4.78 is 28.8. The first-order chi connectivity index (χ1) is 16.9. The third-order valence-corrected chi connectivity index (χ3v) is 7.12. The Bertz CT molecular complexity index is 1660. The summed E-state index contributed by atoms with van der Waals surface area (Å²) >= 11 is 6.10. The van der Waals surface area contributed by atoms with Crippen molar-refractivity contribution in [3.05, 3.63) is 120 Å². The minimum Gasteiger partial charge on any atom is -0.289 e. The number of benzene rings is 3. The molecular formula is C27H18ClN3O3S. The van der Waals surface area contributed by atoms with Crippen LogP contribution in [0.1, 0.15) is 15.9 Å². The molecule has 0 saturated heterocycles. The first kappa shape index (κ1) is 22.7. The number of sulfonamides is 1. The van der Waals surface area contributed by atoms with E-state index in [4.69, 9.17) is 11.6 Å². The first-order valence-electron chi connectivity index (χ1n) is 10.6. The number of rotatable bonds is 6. The smallest absolute Gasteiger partial charge is 0.261 e. The van der Waals surface area contributed by atoms with Crippen molar-refractivity contribution >= 4 is 44.0 Å². The molecule has 1 N–H and O–H groups in total. The molecule has 0 amide bonds. The highest BCUT2D eigenvalue weighted by Gasteiger charge is 2.20. The van der Waals surface area contributed by atoms with Gasteiger partial charge in [0.1, 0.15) is 0 Å². The molecule has 0 bridgehead atoms. The summed E-state index contributed by atoms with van der Waals surface area (Å²) in [6.07, 6.45) is 4.75. The van der Waals surface area contributed by atoms with Gasteiger partial charge in [0.05, 0.1) is 16.1 Å². The van der Waals surface area contributed by atoms with Crippen molar-refractivity contribution in [2.45, 2.75) is 4.90 Å². The Morgan fingerprint density at radius 3 is 2.34 bits per heavy atom. The van der Waals surface area contributed by atoms with Crippen LogP contribution in [-0.4, -0.2) is 24.2 Å². The van der Waals surface area contributed by atoms with E-state index in [1.165, 1.54) is 42.7 Å².